The van der Waals surface area contributed by atoms with E-state index in [1.807, 2.05) is 14.1 Å². The lowest BCUT2D eigenvalue weighted by atomic mass is 10.2. The van der Waals surface area contributed by atoms with Crippen molar-refractivity contribution in [3.8, 4) is 0 Å². The molecular weight excluding hydrogens is 260 g/mol. The van der Waals surface area contributed by atoms with Gasteiger partial charge < -0.3 is 25.1 Å². The van der Waals surface area contributed by atoms with Crippen molar-refractivity contribution >= 4 is 5.97 Å². The first-order valence-electron chi connectivity index (χ1n) is 6.71. The maximum Gasteiger partial charge on any atom is 0.323 e. The fourth-order valence-corrected chi connectivity index (χ4v) is 1.61. The Morgan fingerprint density at radius 1 is 1.45 bits per heavy atom. The number of ether oxygens (including phenoxy) is 2. The summed E-state index contributed by atoms with van der Waals surface area (Å²) in [6.07, 6.45) is 4.54. The molecule has 0 radical (unpaired) electrons. The number of aromatic amines is 1. The molecule has 1 aromatic rings. The van der Waals surface area contributed by atoms with Crippen LogP contribution in [0.25, 0.3) is 0 Å². The van der Waals surface area contributed by atoms with Crippen molar-refractivity contribution in [1.29, 1.82) is 0 Å². The van der Waals surface area contributed by atoms with Crippen LogP contribution in [0.2, 0.25) is 0 Å². The number of imidazole rings is 1. The number of nitrogens with two attached hydrogens (primary N) is 1. The molecule has 1 rings (SSSR count). The number of nitrogens with zero attached hydrogens (tertiary/aromatic N) is 2. The van der Waals surface area contributed by atoms with Crippen LogP contribution in [0.4, 0.5) is 0 Å². The molecule has 0 aliphatic rings. The smallest absolute Gasteiger partial charge is 0.323 e. The third kappa shape index (κ3) is 7.22. The Hall–Kier alpha value is -1.44. The van der Waals surface area contributed by atoms with Gasteiger partial charge in [0.2, 0.25) is 0 Å². The van der Waals surface area contributed by atoms with Crippen LogP contribution in [0, 0.1) is 0 Å². The normalized spacial score (nSPS) is 12.6. The molecule has 0 amide bonds. The van der Waals surface area contributed by atoms with E-state index in [1.165, 1.54) is 0 Å². The van der Waals surface area contributed by atoms with E-state index in [1.54, 1.807) is 12.5 Å². The zero-order chi connectivity index (χ0) is 14.8. The van der Waals surface area contributed by atoms with Gasteiger partial charge in [-0.15, -0.1) is 0 Å². The molecule has 1 heterocycles. The quantitative estimate of drug-likeness (QED) is 0.456. The van der Waals surface area contributed by atoms with Gasteiger partial charge in [-0.05, 0) is 27.1 Å². The molecule has 0 aliphatic heterocycles. The molecule has 7 heteroatoms. The van der Waals surface area contributed by atoms with E-state index in [0.717, 1.165) is 18.7 Å². The summed E-state index contributed by atoms with van der Waals surface area (Å²) in [5, 5.41) is 0. The van der Waals surface area contributed by atoms with E-state index in [4.69, 9.17) is 15.2 Å². The van der Waals surface area contributed by atoms with E-state index < -0.39 is 12.0 Å². The topological polar surface area (TPSA) is 93.5 Å². The van der Waals surface area contributed by atoms with Gasteiger partial charge in [-0.3, -0.25) is 4.79 Å². The first kappa shape index (κ1) is 16.6. The van der Waals surface area contributed by atoms with Crippen molar-refractivity contribution in [2.24, 2.45) is 5.73 Å². The number of nitrogens with one attached hydrogen (secondary N) is 1. The van der Waals surface area contributed by atoms with Crippen LogP contribution in [0.15, 0.2) is 12.5 Å². The molecule has 1 aromatic heterocycles. The maximum atomic E-state index is 11.6. The molecule has 0 saturated heterocycles. The average molecular weight is 284 g/mol. The van der Waals surface area contributed by atoms with Gasteiger partial charge in [0.25, 0.3) is 0 Å². The lowest BCUT2D eigenvalue weighted by molar-refractivity contribution is -0.146. The molecule has 0 fully saturated rings. The second-order valence-corrected chi connectivity index (χ2v) is 4.82. The molecule has 3 N–H and O–H groups in total. The Balaban J connectivity index is 2.02. The van der Waals surface area contributed by atoms with Crippen molar-refractivity contribution < 1.29 is 14.3 Å². The fraction of sp³-hybridized carbons (Fsp3) is 0.692. The largest absolute Gasteiger partial charge is 0.462 e. The highest BCUT2D eigenvalue weighted by molar-refractivity contribution is 5.75. The minimum atomic E-state index is -0.677. The van der Waals surface area contributed by atoms with E-state index in [2.05, 4.69) is 14.9 Å². The molecular formula is C13H24N4O3. The van der Waals surface area contributed by atoms with Crippen LogP contribution in [0.1, 0.15) is 12.1 Å². The summed E-state index contributed by atoms with van der Waals surface area (Å²) in [5.41, 5.74) is 6.55. The summed E-state index contributed by atoms with van der Waals surface area (Å²) < 4.78 is 10.4. The number of hydrogen-bond donors (Lipinski definition) is 2. The minimum absolute atomic E-state index is 0.234. The fourth-order valence-electron chi connectivity index (χ4n) is 1.61. The van der Waals surface area contributed by atoms with Crippen molar-refractivity contribution in [2.45, 2.75) is 18.9 Å². The Morgan fingerprint density at radius 2 is 2.25 bits per heavy atom. The Labute approximate surface area is 119 Å². The van der Waals surface area contributed by atoms with Gasteiger partial charge in [-0.1, -0.05) is 0 Å². The Bertz CT molecular complexity index is 368. The number of carbonyl (C=O) groups is 1. The highest BCUT2D eigenvalue weighted by atomic mass is 16.6. The third-order valence-electron chi connectivity index (χ3n) is 2.66. The van der Waals surface area contributed by atoms with Crippen molar-refractivity contribution in [1.82, 2.24) is 14.9 Å². The van der Waals surface area contributed by atoms with Gasteiger partial charge in [0, 0.05) is 24.9 Å². The molecule has 20 heavy (non-hydrogen) atoms. The summed E-state index contributed by atoms with van der Waals surface area (Å²) in [6, 6.07) is -0.677. The monoisotopic (exact) mass is 284 g/mol. The highest BCUT2D eigenvalue weighted by Gasteiger charge is 2.16. The lowest BCUT2D eigenvalue weighted by Crippen LogP contribution is -2.35. The first-order valence-corrected chi connectivity index (χ1v) is 6.71. The standard InChI is InChI=1S/C13H24N4O3/c1-17(2)4-3-5-19-6-7-20-13(18)12(14)8-11-9-15-10-16-11/h9-10,12H,3-8,14H2,1-2H3,(H,15,16). The molecule has 114 valence electrons. The summed E-state index contributed by atoms with van der Waals surface area (Å²) in [5.74, 6) is -0.420. The second kappa shape index (κ2) is 9.46. The Morgan fingerprint density at radius 3 is 2.90 bits per heavy atom. The Kier molecular flexibility index (Phi) is 7.86. The molecule has 1 unspecified atom stereocenters. The SMILES string of the molecule is CN(C)CCCOCCOC(=O)C(N)Cc1cnc[nH]1. The average Bonchev–Trinajstić information content (AvgIpc) is 2.89. The number of H-pyrrole nitrogens is 1. The number of rotatable bonds is 10. The zero-order valence-corrected chi connectivity index (χ0v) is 12.2. The van der Waals surface area contributed by atoms with Gasteiger partial charge in [0.1, 0.15) is 12.6 Å². The number of aromatic nitrogens is 2. The van der Waals surface area contributed by atoms with Crippen molar-refractivity contribution in [2.75, 3.05) is 40.5 Å². The predicted octanol–water partition coefficient (Wildman–Crippen LogP) is -0.209. The van der Waals surface area contributed by atoms with Gasteiger partial charge >= 0.3 is 5.97 Å². The van der Waals surface area contributed by atoms with Gasteiger partial charge in [-0.25, -0.2) is 4.98 Å². The van der Waals surface area contributed by atoms with Crippen molar-refractivity contribution in [3.05, 3.63) is 18.2 Å². The first-order chi connectivity index (χ1) is 9.59. The maximum absolute atomic E-state index is 11.6. The summed E-state index contributed by atoms with van der Waals surface area (Å²) in [4.78, 5) is 20.5. The summed E-state index contributed by atoms with van der Waals surface area (Å²) in [7, 11) is 4.03. The predicted molar refractivity (Wildman–Crippen MR) is 75.2 cm³/mol. The van der Waals surface area contributed by atoms with E-state index in [-0.39, 0.29) is 6.61 Å². The lowest BCUT2D eigenvalue weighted by Gasteiger charge is -2.11. The van der Waals surface area contributed by atoms with Crippen LogP contribution < -0.4 is 5.73 Å². The molecule has 0 saturated carbocycles. The number of carbonyl (C=O) groups excluding carboxylic acids is 1. The molecule has 0 spiro atoms. The van der Waals surface area contributed by atoms with E-state index >= 15 is 0 Å². The number of hydrogen-bond acceptors (Lipinski definition) is 6. The summed E-state index contributed by atoms with van der Waals surface area (Å²) >= 11 is 0. The summed E-state index contributed by atoms with van der Waals surface area (Å²) in [6.45, 7) is 2.28. The van der Waals surface area contributed by atoms with Gasteiger partial charge in [0.15, 0.2) is 0 Å². The van der Waals surface area contributed by atoms with E-state index in [9.17, 15) is 4.79 Å². The van der Waals surface area contributed by atoms with Crippen LogP contribution in [-0.2, 0) is 20.7 Å². The van der Waals surface area contributed by atoms with Crippen LogP contribution in [0.5, 0.6) is 0 Å². The van der Waals surface area contributed by atoms with Crippen LogP contribution in [-0.4, -0.2) is 67.3 Å². The minimum Gasteiger partial charge on any atom is -0.462 e. The zero-order valence-electron chi connectivity index (χ0n) is 12.2. The third-order valence-corrected chi connectivity index (χ3v) is 2.66. The second-order valence-electron chi connectivity index (χ2n) is 4.82. The molecule has 0 aliphatic carbocycles. The highest BCUT2D eigenvalue weighted by Crippen LogP contribution is 1.98. The number of esters is 1. The molecule has 7 nitrogen and oxygen atoms in total. The molecule has 0 bridgehead atoms. The molecule has 1 atom stereocenters. The van der Waals surface area contributed by atoms with Gasteiger partial charge in [-0.2, -0.15) is 0 Å². The van der Waals surface area contributed by atoms with Crippen molar-refractivity contribution in [3.63, 3.8) is 0 Å². The molecule has 0 aromatic carbocycles. The van der Waals surface area contributed by atoms with Crippen LogP contribution in [0.3, 0.4) is 0 Å². The van der Waals surface area contributed by atoms with Gasteiger partial charge in [0.05, 0.1) is 12.9 Å². The van der Waals surface area contributed by atoms with Crippen LogP contribution >= 0.6 is 0 Å². The van der Waals surface area contributed by atoms with E-state index in [0.29, 0.717) is 19.6 Å².